The molecule has 1 aromatic carbocycles. The van der Waals surface area contributed by atoms with Gasteiger partial charge in [-0.25, -0.2) is 0 Å². The Labute approximate surface area is 111 Å². The van der Waals surface area contributed by atoms with Gasteiger partial charge in [-0.2, -0.15) is 0 Å². The lowest BCUT2D eigenvalue weighted by molar-refractivity contribution is 0.268. The number of hydrogen-bond donors (Lipinski definition) is 1. The monoisotopic (exact) mass is 243 g/mol. The third kappa shape index (κ3) is 2.77. The lowest BCUT2D eigenvalue weighted by atomic mass is 9.81. The van der Waals surface area contributed by atoms with E-state index in [0.717, 1.165) is 17.9 Å². The zero-order valence-corrected chi connectivity index (χ0v) is 11.4. The van der Waals surface area contributed by atoms with Crippen molar-refractivity contribution in [3.8, 4) is 0 Å². The van der Waals surface area contributed by atoms with Crippen LogP contribution in [0.2, 0.25) is 0 Å². The molecule has 0 radical (unpaired) electrons. The van der Waals surface area contributed by atoms with E-state index in [-0.39, 0.29) is 0 Å². The third-order valence-electron chi connectivity index (χ3n) is 4.78. The average molecular weight is 243 g/mol. The first kappa shape index (κ1) is 12.2. The minimum absolute atomic E-state index is 0.599. The smallest absolute Gasteiger partial charge is 0.0351 e. The fraction of sp³-hybridized carbons (Fsp3) is 0.647. The topological polar surface area (TPSA) is 12.0 Å². The van der Waals surface area contributed by atoms with Crippen molar-refractivity contribution in [3.05, 3.63) is 35.9 Å². The Morgan fingerprint density at radius 1 is 1.06 bits per heavy atom. The van der Waals surface area contributed by atoms with Crippen LogP contribution in [-0.4, -0.2) is 6.04 Å². The number of hydrogen-bond acceptors (Lipinski definition) is 1. The van der Waals surface area contributed by atoms with E-state index < -0.39 is 0 Å². The first-order chi connectivity index (χ1) is 8.84. The van der Waals surface area contributed by atoms with Crippen molar-refractivity contribution in [2.45, 2.75) is 57.5 Å². The first-order valence-electron chi connectivity index (χ1n) is 7.65. The molecule has 2 aliphatic rings. The van der Waals surface area contributed by atoms with Crippen LogP contribution in [0.15, 0.2) is 30.3 Å². The summed E-state index contributed by atoms with van der Waals surface area (Å²) in [6.07, 6.45) is 8.49. The zero-order valence-electron chi connectivity index (χ0n) is 11.4. The molecule has 0 aliphatic heterocycles. The summed E-state index contributed by atoms with van der Waals surface area (Å²) in [6.45, 7) is 2.36. The summed E-state index contributed by atoms with van der Waals surface area (Å²) >= 11 is 0. The molecule has 0 saturated heterocycles. The molecule has 2 fully saturated rings. The molecule has 3 atom stereocenters. The third-order valence-corrected chi connectivity index (χ3v) is 4.78. The van der Waals surface area contributed by atoms with Crippen molar-refractivity contribution in [2.75, 3.05) is 0 Å². The predicted molar refractivity (Wildman–Crippen MR) is 76.5 cm³/mol. The van der Waals surface area contributed by atoms with Gasteiger partial charge in [-0.05, 0) is 36.7 Å². The second kappa shape index (κ2) is 5.44. The van der Waals surface area contributed by atoms with Crippen molar-refractivity contribution in [2.24, 2.45) is 11.8 Å². The van der Waals surface area contributed by atoms with Crippen LogP contribution >= 0.6 is 0 Å². The van der Waals surface area contributed by atoms with Crippen molar-refractivity contribution in [3.63, 3.8) is 0 Å². The highest BCUT2D eigenvalue weighted by molar-refractivity contribution is 5.20. The first-order valence-corrected chi connectivity index (χ1v) is 7.65. The summed E-state index contributed by atoms with van der Waals surface area (Å²) in [7, 11) is 0. The van der Waals surface area contributed by atoms with Gasteiger partial charge >= 0.3 is 0 Å². The Bertz CT molecular complexity index is 366. The molecule has 0 spiro atoms. The summed E-state index contributed by atoms with van der Waals surface area (Å²) in [6, 6.07) is 12.5. The Morgan fingerprint density at radius 2 is 1.72 bits per heavy atom. The fourth-order valence-corrected chi connectivity index (χ4v) is 3.42. The van der Waals surface area contributed by atoms with Crippen LogP contribution < -0.4 is 5.32 Å². The van der Waals surface area contributed by atoms with Crippen LogP contribution in [0, 0.1) is 11.8 Å². The Morgan fingerprint density at radius 3 is 2.33 bits per heavy atom. The Hall–Kier alpha value is -0.820. The molecule has 0 amide bonds. The van der Waals surface area contributed by atoms with E-state index in [2.05, 4.69) is 42.6 Å². The molecule has 1 N–H and O–H groups in total. The molecule has 3 unspecified atom stereocenters. The van der Waals surface area contributed by atoms with Crippen LogP contribution in [0.25, 0.3) is 0 Å². The van der Waals surface area contributed by atoms with Gasteiger partial charge in [-0.15, -0.1) is 0 Å². The highest BCUT2D eigenvalue weighted by Gasteiger charge is 2.36. The second-order valence-corrected chi connectivity index (χ2v) is 6.27. The van der Waals surface area contributed by atoms with Gasteiger partial charge in [-0.3, -0.25) is 0 Å². The minimum atomic E-state index is 0.599. The van der Waals surface area contributed by atoms with Gasteiger partial charge < -0.3 is 5.32 Å². The lowest BCUT2D eigenvalue weighted by Gasteiger charge is -2.31. The van der Waals surface area contributed by atoms with Crippen LogP contribution in [0.5, 0.6) is 0 Å². The molecule has 1 nitrogen and oxygen atoms in total. The predicted octanol–water partition coefficient (Wildman–Crippen LogP) is 4.31. The largest absolute Gasteiger partial charge is 0.307 e. The maximum Gasteiger partial charge on any atom is 0.0351 e. The maximum atomic E-state index is 3.93. The summed E-state index contributed by atoms with van der Waals surface area (Å²) in [5.41, 5.74) is 1.50. The number of rotatable bonds is 4. The number of benzene rings is 1. The van der Waals surface area contributed by atoms with Crippen molar-refractivity contribution in [1.82, 2.24) is 5.32 Å². The molecule has 3 rings (SSSR count). The molecular formula is C17H25N. The average Bonchev–Trinajstić information content (AvgIpc) is 3.14. The van der Waals surface area contributed by atoms with E-state index in [1.165, 1.54) is 44.1 Å². The van der Waals surface area contributed by atoms with E-state index in [4.69, 9.17) is 0 Å². The molecule has 2 aliphatic carbocycles. The van der Waals surface area contributed by atoms with Gasteiger partial charge in [0.1, 0.15) is 0 Å². The maximum absolute atomic E-state index is 3.93. The molecule has 2 saturated carbocycles. The van der Waals surface area contributed by atoms with Crippen molar-refractivity contribution < 1.29 is 0 Å². The van der Waals surface area contributed by atoms with Crippen LogP contribution in [0.3, 0.4) is 0 Å². The second-order valence-electron chi connectivity index (χ2n) is 6.27. The molecule has 18 heavy (non-hydrogen) atoms. The van der Waals surface area contributed by atoms with Gasteiger partial charge in [0.2, 0.25) is 0 Å². The highest BCUT2D eigenvalue weighted by Crippen LogP contribution is 2.38. The molecule has 0 heterocycles. The van der Waals surface area contributed by atoms with Gasteiger partial charge in [-0.1, -0.05) is 56.5 Å². The van der Waals surface area contributed by atoms with Crippen LogP contribution in [0.4, 0.5) is 0 Å². The molecule has 1 heteroatoms. The molecule has 0 bridgehead atoms. The zero-order chi connectivity index (χ0) is 12.4. The molecular weight excluding hydrogens is 218 g/mol. The summed E-state index contributed by atoms with van der Waals surface area (Å²) < 4.78 is 0. The fourth-order valence-electron chi connectivity index (χ4n) is 3.42. The van der Waals surface area contributed by atoms with E-state index in [1.54, 1.807) is 0 Å². The van der Waals surface area contributed by atoms with E-state index in [9.17, 15) is 0 Å². The number of nitrogens with one attached hydrogen (secondary N) is 1. The standard InChI is InChI=1S/C17H25N/c1-13-12-16(13)18-17(14-8-4-2-5-9-14)15-10-6-3-7-11-15/h2,4-5,8-9,13,15-18H,3,6-7,10-12H2,1H3. The molecule has 0 aromatic heterocycles. The van der Waals surface area contributed by atoms with Crippen LogP contribution in [0.1, 0.15) is 57.1 Å². The Kier molecular flexibility index (Phi) is 3.69. The van der Waals surface area contributed by atoms with E-state index in [0.29, 0.717) is 6.04 Å². The van der Waals surface area contributed by atoms with E-state index >= 15 is 0 Å². The SMILES string of the molecule is CC1CC1NC(c1ccccc1)C1CCCCC1. The lowest BCUT2D eigenvalue weighted by Crippen LogP contribution is -2.31. The Balaban J connectivity index is 1.74. The summed E-state index contributed by atoms with van der Waals surface area (Å²) in [4.78, 5) is 0. The highest BCUT2D eigenvalue weighted by atomic mass is 15.0. The molecule has 98 valence electrons. The summed E-state index contributed by atoms with van der Waals surface area (Å²) in [5.74, 6) is 1.74. The van der Waals surface area contributed by atoms with Crippen molar-refractivity contribution >= 4 is 0 Å². The normalized spacial score (nSPS) is 30.1. The van der Waals surface area contributed by atoms with Crippen molar-refractivity contribution in [1.29, 1.82) is 0 Å². The summed E-state index contributed by atoms with van der Waals surface area (Å²) in [5, 5.41) is 3.93. The quantitative estimate of drug-likeness (QED) is 0.831. The molecule has 1 aromatic rings. The van der Waals surface area contributed by atoms with Crippen LogP contribution in [-0.2, 0) is 0 Å². The van der Waals surface area contributed by atoms with Gasteiger partial charge in [0.05, 0.1) is 0 Å². The minimum Gasteiger partial charge on any atom is -0.307 e. The van der Waals surface area contributed by atoms with Gasteiger partial charge in [0.15, 0.2) is 0 Å². The van der Waals surface area contributed by atoms with Gasteiger partial charge in [0, 0.05) is 12.1 Å². The van der Waals surface area contributed by atoms with E-state index in [1.807, 2.05) is 0 Å². The van der Waals surface area contributed by atoms with Gasteiger partial charge in [0.25, 0.3) is 0 Å².